The number of hydrazone groups is 1. The minimum absolute atomic E-state index is 0.0386. The third-order valence-electron chi connectivity index (χ3n) is 2.49. The number of rotatable bonds is 6. The maximum absolute atomic E-state index is 12.6. The molecule has 1 N–H and O–H groups in total. The molecule has 21 heavy (non-hydrogen) atoms. The molecule has 1 aromatic heterocycles. The number of anilines is 1. The maximum atomic E-state index is 12.6. The third kappa shape index (κ3) is 4.79. The van der Waals surface area contributed by atoms with E-state index in [1.165, 1.54) is 12.4 Å². The lowest BCUT2D eigenvalue weighted by Gasteiger charge is -1.97. The van der Waals surface area contributed by atoms with E-state index in [2.05, 4.69) is 15.5 Å². The number of allylic oxidation sites excluding steroid dienone is 1. The van der Waals surface area contributed by atoms with Gasteiger partial charge < -0.3 is 4.42 Å². The number of hydrogen-bond acceptors (Lipinski definition) is 4. The zero-order valence-corrected chi connectivity index (χ0v) is 10.9. The van der Waals surface area contributed by atoms with Crippen LogP contribution in [0.15, 0.2) is 58.0 Å². The first-order chi connectivity index (χ1) is 10.1. The molecule has 0 atom stereocenters. The fourth-order valence-corrected chi connectivity index (χ4v) is 1.49. The van der Waals surface area contributed by atoms with Gasteiger partial charge in [-0.25, -0.2) is 9.37 Å². The van der Waals surface area contributed by atoms with E-state index in [1.54, 1.807) is 0 Å². The van der Waals surface area contributed by atoms with E-state index in [0.717, 1.165) is 5.69 Å². The summed E-state index contributed by atoms with van der Waals surface area (Å²) in [5, 5.41) is 3.94. The van der Waals surface area contributed by atoms with Gasteiger partial charge in [-0.2, -0.15) is 13.9 Å². The van der Waals surface area contributed by atoms with E-state index in [4.69, 9.17) is 4.42 Å². The number of aromatic nitrogens is 1. The second kappa shape index (κ2) is 7.28. The predicted octanol–water partition coefficient (Wildman–Crippen LogP) is 4.13. The molecule has 110 valence electrons. The molecule has 2 aromatic rings. The summed E-state index contributed by atoms with van der Waals surface area (Å²) in [6, 6.07) is 9.27. The molecule has 0 saturated carbocycles. The van der Waals surface area contributed by atoms with Crippen molar-refractivity contribution in [1.82, 2.24) is 4.98 Å². The standard InChI is InChI=1S/C14H12F3N3O/c15-12(14(16)17)6-7-13-18-8-11(21-13)9-19-20-10-4-2-1-3-5-10/h1-5,8-9,20H,6-7H2/b19-9+. The van der Waals surface area contributed by atoms with E-state index >= 15 is 0 Å². The fraction of sp³-hybridized carbons (Fsp3) is 0.143. The molecule has 0 saturated heterocycles. The first kappa shape index (κ1) is 14.8. The van der Waals surface area contributed by atoms with E-state index in [0.29, 0.717) is 5.76 Å². The Morgan fingerprint density at radius 2 is 2.00 bits per heavy atom. The highest BCUT2D eigenvalue weighted by atomic mass is 19.3. The molecule has 0 radical (unpaired) electrons. The van der Waals surface area contributed by atoms with Gasteiger partial charge in [0, 0.05) is 12.8 Å². The van der Waals surface area contributed by atoms with Crippen molar-refractivity contribution in [3.05, 3.63) is 60.1 Å². The average Bonchev–Trinajstić information content (AvgIpc) is 2.93. The van der Waals surface area contributed by atoms with Crippen LogP contribution in [-0.2, 0) is 6.42 Å². The molecule has 0 amide bonds. The molecule has 0 unspecified atom stereocenters. The predicted molar refractivity (Wildman–Crippen MR) is 72.8 cm³/mol. The number of hydrogen-bond donors (Lipinski definition) is 1. The topological polar surface area (TPSA) is 50.4 Å². The van der Waals surface area contributed by atoms with Crippen molar-refractivity contribution in [1.29, 1.82) is 0 Å². The van der Waals surface area contributed by atoms with Crippen molar-refractivity contribution in [2.24, 2.45) is 5.10 Å². The van der Waals surface area contributed by atoms with Gasteiger partial charge in [-0.1, -0.05) is 18.2 Å². The highest BCUT2D eigenvalue weighted by Gasteiger charge is 2.08. The Balaban J connectivity index is 1.87. The third-order valence-corrected chi connectivity index (χ3v) is 2.49. The van der Waals surface area contributed by atoms with Gasteiger partial charge in [0.2, 0.25) is 0 Å². The smallest absolute Gasteiger partial charge is 0.301 e. The zero-order chi connectivity index (χ0) is 15.1. The lowest BCUT2D eigenvalue weighted by atomic mass is 10.3. The molecule has 0 spiro atoms. The van der Waals surface area contributed by atoms with Crippen LogP contribution in [0.1, 0.15) is 18.1 Å². The largest absolute Gasteiger partial charge is 0.440 e. The number of para-hydroxylation sites is 1. The summed E-state index contributed by atoms with van der Waals surface area (Å²) in [5.74, 6) is -0.930. The molecule has 1 heterocycles. The van der Waals surface area contributed by atoms with Crippen LogP contribution in [0, 0.1) is 0 Å². The molecule has 0 aliphatic carbocycles. The Morgan fingerprint density at radius 1 is 1.24 bits per heavy atom. The van der Waals surface area contributed by atoms with Gasteiger partial charge in [-0.05, 0) is 12.1 Å². The quantitative estimate of drug-likeness (QED) is 0.644. The van der Waals surface area contributed by atoms with Crippen molar-refractivity contribution in [2.75, 3.05) is 5.43 Å². The molecular formula is C14H12F3N3O. The summed E-state index contributed by atoms with van der Waals surface area (Å²) in [4.78, 5) is 3.85. The lowest BCUT2D eigenvalue weighted by Crippen LogP contribution is -1.89. The second-order valence-corrected chi connectivity index (χ2v) is 4.06. The number of nitrogens with zero attached hydrogens (tertiary/aromatic N) is 2. The van der Waals surface area contributed by atoms with E-state index in [9.17, 15) is 13.2 Å². The highest BCUT2D eigenvalue weighted by Crippen LogP contribution is 2.16. The van der Waals surface area contributed by atoms with Gasteiger partial charge in [-0.15, -0.1) is 0 Å². The molecule has 1 aromatic carbocycles. The van der Waals surface area contributed by atoms with Gasteiger partial charge in [0.25, 0.3) is 0 Å². The average molecular weight is 295 g/mol. The number of nitrogens with one attached hydrogen (secondary N) is 1. The van der Waals surface area contributed by atoms with E-state index in [-0.39, 0.29) is 12.3 Å². The monoisotopic (exact) mass is 295 g/mol. The first-order valence-electron chi connectivity index (χ1n) is 6.13. The van der Waals surface area contributed by atoms with Crippen molar-refractivity contribution >= 4 is 11.9 Å². The molecular weight excluding hydrogens is 283 g/mol. The minimum atomic E-state index is -2.31. The van der Waals surface area contributed by atoms with Crippen LogP contribution in [0.3, 0.4) is 0 Å². The summed E-state index contributed by atoms with van der Waals surface area (Å²) in [6.45, 7) is 0. The van der Waals surface area contributed by atoms with Crippen LogP contribution >= 0.6 is 0 Å². The minimum Gasteiger partial charge on any atom is -0.440 e. The molecule has 0 bridgehead atoms. The highest BCUT2D eigenvalue weighted by molar-refractivity contribution is 5.76. The Bertz CT molecular complexity index is 634. The van der Waals surface area contributed by atoms with Crippen molar-refractivity contribution < 1.29 is 17.6 Å². The van der Waals surface area contributed by atoms with Gasteiger partial charge >= 0.3 is 6.08 Å². The van der Waals surface area contributed by atoms with Crippen LogP contribution in [0.4, 0.5) is 18.9 Å². The normalized spacial score (nSPS) is 10.8. The van der Waals surface area contributed by atoms with Gasteiger partial charge in [0.15, 0.2) is 17.5 Å². The molecule has 0 aliphatic rings. The number of oxazole rings is 1. The van der Waals surface area contributed by atoms with Gasteiger partial charge in [-0.3, -0.25) is 5.43 Å². The SMILES string of the molecule is FC(F)=C(F)CCc1ncc(/C=N/Nc2ccccc2)o1. The first-order valence-corrected chi connectivity index (χ1v) is 6.13. The van der Waals surface area contributed by atoms with Crippen LogP contribution in [-0.4, -0.2) is 11.2 Å². The van der Waals surface area contributed by atoms with Gasteiger partial charge in [0.1, 0.15) is 0 Å². The van der Waals surface area contributed by atoms with E-state index in [1.807, 2.05) is 30.3 Å². The Labute approximate surface area is 119 Å². The fourth-order valence-electron chi connectivity index (χ4n) is 1.49. The van der Waals surface area contributed by atoms with E-state index < -0.39 is 18.3 Å². The number of aryl methyl sites for hydroxylation is 1. The van der Waals surface area contributed by atoms with Crippen molar-refractivity contribution in [3.8, 4) is 0 Å². The summed E-state index contributed by atoms with van der Waals surface area (Å²) >= 11 is 0. The lowest BCUT2D eigenvalue weighted by molar-refractivity contribution is 0.366. The molecule has 4 nitrogen and oxygen atoms in total. The molecule has 2 rings (SSSR count). The van der Waals surface area contributed by atoms with Crippen LogP contribution in [0.5, 0.6) is 0 Å². The Kier molecular flexibility index (Phi) is 5.14. The second-order valence-electron chi connectivity index (χ2n) is 4.06. The number of benzene rings is 1. The van der Waals surface area contributed by atoms with Crippen LogP contribution in [0.2, 0.25) is 0 Å². The van der Waals surface area contributed by atoms with Crippen LogP contribution in [0.25, 0.3) is 0 Å². The van der Waals surface area contributed by atoms with Crippen molar-refractivity contribution in [2.45, 2.75) is 12.8 Å². The molecule has 7 heteroatoms. The Hall–Kier alpha value is -2.57. The van der Waals surface area contributed by atoms with Gasteiger partial charge in [0.05, 0.1) is 18.1 Å². The maximum Gasteiger partial charge on any atom is 0.301 e. The summed E-state index contributed by atoms with van der Waals surface area (Å²) in [6.07, 6.45) is -0.00903. The number of halogens is 3. The Morgan fingerprint density at radius 3 is 2.71 bits per heavy atom. The molecule has 0 aliphatic heterocycles. The van der Waals surface area contributed by atoms with Crippen molar-refractivity contribution in [3.63, 3.8) is 0 Å². The summed E-state index contributed by atoms with van der Waals surface area (Å²) < 4.78 is 41.6. The summed E-state index contributed by atoms with van der Waals surface area (Å²) in [7, 11) is 0. The van der Waals surface area contributed by atoms with Crippen LogP contribution < -0.4 is 5.43 Å². The zero-order valence-electron chi connectivity index (χ0n) is 10.9. The summed E-state index contributed by atoms with van der Waals surface area (Å²) in [5.41, 5.74) is 3.59. The molecule has 0 fully saturated rings.